The van der Waals surface area contributed by atoms with Gasteiger partial charge >= 0.3 is 0 Å². The van der Waals surface area contributed by atoms with Crippen LogP contribution in [0.4, 0.5) is 0 Å². The molecule has 112 valence electrons. The summed E-state index contributed by atoms with van der Waals surface area (Å²) in [4.78, 5) is 14.9. The van der Waals surface area contributed by atoms with Gasteiger partial charge in [0.05, 0.1) is 0 Å². The van der Waals surface area contributed by atoms with Crippen molar-refractivity contribution < 1.29 is 0 Å². The molecule has 0 atom stereocenters. The molecule has 0 aliphatic carbocycles. The topological polar surface area (TPSA) is 25.2 Å². The summed E-state index contributed by atoms with van der Waals surface area (Å²) in [5, 5.41) is 0. The van der Waals surface area contributed by atoms with Gasteiger partial charge in [0.1, 0.15) is 0 Å². The molecule has 1 aliphatic rings. The molecule has 3 nitrogen and oxygen atoms in total. The molecular weight excluding hydrogens is 248 g/mol. The Morgan fingerprint density at radius 3 is 2.20 bits per heavy atom. The number of hydrogen-bond donors (Lipinski definition) is 0. The Labute approximate surface area is 122 Å². The van der Waals surface area contributed by atoms with E-state index in [1.807, 2.05) is 17.7 Å². The summed E-state index contributed by atoms with van der Waals surface area (Å²) >= 11 is 0. The van der Waals surface area contributed by atoms with E-state index in [0.717, 1.165) is 31.5 Å². The molecule has 1 aromatic heterocycles. The zero-order valence-electron chi connectivity index (χ0n) is 13.5. The van der Waals surface area contributed by atoms with Crippen molar-refractivity contribution in [3.05, 3.63) is 33.7 Å². The number of nitrogens with zero attached hydrogens (tertiary/aromatic N) is 2. The van der Waals surface area contributed by atoms with Crippen molar-refractivity contribution in [3.63, 3.8) is 0 Å². The molecular formula is C17H28N2O. The van der Waals surface area contributed by atoms with E-state index in [1.165, 1.54) is 5.69 Å². The van der Waals surface area contributed by atoms with Gasteiger partial charge in [0.25, 0.3) is 5.56 Å². The largest absolute Gasteiger partial charge is 0.315 e. The summed E-state index contributed by atoms with van der Waals surface area (Å²) < 4.78 is 1.88. The van der Waals surface area contributed by atoms with Gasteiger partial charge < -0.3 is 9.47 Å². The molecule has 0 saturated carbocycles. The van der Waals surface area contributed by atoms with Gasteiger partial charge in [0, 0.05) is 30.3 Å². The Kier molecular flexibility index (Phi) is 4.69. The van der Waals surface area contributed by atoms with Crippen molar-refractivity contribution in [2.45, 2.75) is 58.4 Å². The van der Waals surface area contributed by atoms with Crippen molar-refractivity contribution in [1.82, 2.24) is 9.47 Å². The van der Waals surface area contributed by atoms with Crippen LogP contribution in [0.5, 0.6) is 0 Å². The SMILES string of the molecule is CC(C)c1ccc(C2CCN(C(C)C)CC2)n(C)c1=O. The third-order valence-corrected chi connectivity index (χ3v) is 4.67. The van der Waals surface area contributed by atoms with Crippen LogP contribution in [-0.4, -0.2) is 28.6 Å². The first-order valence-electron chi connectivity index (χ1n) is 7.85. The average molecular weight is 276 g/mol. The van der Waals surface area contributed by atoms with Crippen molar-refractivity contribution in [2.75, 3.05) is 13.1 Å². The summed E-state index contributed by atoms with van der Waals surface area (Å²) in [6.45, 7) is 11.0. The van der Waals surface area contributed by atoms with E-state index in [4.69, 9.17) is 0 Å². The van der Waals surface area contributed by atoms with Crippen LogP contribution in [0, 0.1) is 0 Å². The molecule has 2 heterocycles. The van der Waals surface area contributed by atoms with Crippen molar-refractivity contribution in [1.29, 1.82) is 0 Å². The zero-order chi connectivity index (χ0) is 14.9. The fraction of sp³-hybridized carbons (Fsp3) is 0.706. The Bertz CT molecular complexity index is 508. The molecule has 0 spiro atoms. The first-order chi connectivity index (χ1) is 9.41. The van der Waals surface area contributed by atoms with Crippen molar-refractivity contribution >= 4 is 0 Å². The lowest BCUT2D eigenvalue weighted by Gasteiger charge is -2.35. The molecule has 0 amide bonds. The van der Waals surface area contributed by atoms with Crippen LogP contribution >= 0.6 is 0 Å². The molecule has 2 rings (SSSR count). The number of piperidine rings is 1. The summed E-state index contributed by atoms with van der Waals surface area (Å²) in [5.74, 6) is 0.828. The second-order valence-electron chi connectivity index (χ2n) is 6.64. The average Bonchev–Trinajstić information content (AvgIpc) is 2.41. The normalized spacial score (nSPS) is 18.1. The fourth-order valence-electron chi connectivity index (χ4n) is 3.23. The highest BCUT2D eigenvalue weighted by molar-refractivity contribution is 5.21. The highest BCUT2D eigenvalue weighted by Gasteiger charge is 2.24. The molecule has 1 fully saturated rings. The monoisotopic (exact) mass is 276 g/mol. The van der Waals surface area contributed by atoms with E-state index in [1.54, 1.807) is 0 Å². The molecule has 0 aromatic carbocycles. The molecule has 1 aliphatic heterocycles. The van der Waals surface area contributed by atoms with E-state index < -0.39 is 0 Å². The standard InChI is InChI=1S/C17H28N2O/c1-12(2)15-6-7-16(18(5)17(15)20)14-8-10-19(11-9-14)13(3)4/h6-7,12-14H,8-11H2,1-5H3. The highest BCUT2D eigenvalue weighted by Crippen LogP contribution is 2.28. The molecule has 0 unspecified atom stereocenters. The van der Waals surface area contributed by atoms with Crippen LogP contribution in [-0.2, 0) is 7.05 Å². The third kappa shape index (κ3) is 2.98. The van der Waals surface area contributed by atoms with E-state index in [0.29, 0.717) is 17.9 Å². The first-order valence-corrected chi connectivity index (χ1v) is 7.85. The van der Waals surface area contributed by atoms with Gasteiger partial charge in [-0.25, -0.2) is 0 Å². The van der Waals surface area contributed by atoms with Crippen LogP contribution in [0.1, 0.15) is 63.6 Å². The molecule has 1 saturated heterocycles. The van der Waals surface area contributed by atoms with Crippen molar-refractivity contribution in [2.24, 2.45) is 7.05 Å². The molecule has 0 radical (unpaired) electrons. The molecule has 0 N–H and O–H groups in total. The summed E-state index contributed by atoms with van der Waals surface area (Å²) in [6.07, 6.45) is 2.32. The van der Waals surface area contributed by atoms with Gasteiger partial charge in [0.15, 0.2) is 0 Å². The van der Waals surface area contributed by atoms with Gasteiger partial charge in [-0.3, -0.25) is 4.79 Å². The van der Waals surface area contributed by atoms with E-state index >= 15 is 0 Å². The minimum Gasteiger partial charge on any atom is -0.315 e. The second-order valence-corrected chi connectivity index (χ2v) is 6.64. The summed E-state index contributed by atoms with van der Waals surface area (Å²) in [5.41, 5.74) is 2.32. The third-order valence-electron chi connectivity index (χ3n) is 4.67. The Morgan fingerprint density at radius 1 is 1.10 bits per heavy atom. The van der Waals surface area contributed by atoms with E-state index in [2.05, 4.69) is 38.7 Å². The predicted molar refractivity (Wildman–Crippen MR) is 84.5 cm³/mol. The van der Waals surface area contributed by atoms with Crippen LogP contribution in [0.3, 0.4) is 0 Å². The lowest BCUT2D eigenvalue weighted by Crippen LogP contribution is -2.39. The zero-order valence-corrected chi connectivity index (χ0v) is 13.5. The highest BCUT2D eigenvalue weighted by atomic mass is 16.1. The van der Waals surface area contributed by atoms with Gasteiger partial charge in [-0.1, -0.05) is 19.9 Å². The number of pyridine rings is 1. The summed E-state index contributed by atoms with van der Waals surface area (Å²) in [6, 6.07) is 4.84. The van der Waals surface area contributed by atoms with E-state index in [-0.39, 0.29) is 5.56 Å². The second kappa shape index (κ2) is 6.13. The number of rotatable bonds is 3. The maximum Gasteiger partial charge on any atom is 0.253 e. The van der Waals surface area contributed by atoms with Crippen molar-refractivity contribution in [3.8, 4) is 0 Å². The van der Waals surface area contributed by atoms with E-state index in [9.17, 15) is 4.79 Å². The van der Waals surface area contributed by atoms with Crippen LogP contribution in [0.2, 0.25) is 0 Å². The molecule has 1 aromatic rings. The summed E-state index contributed by atoms with van der Waals surface area (Å²) in [7, 11) is 1.93. The number of likely N-dealkylation sites (tertiary alicyclic amines) is 1. The minimum absolute atomic E-state index is 0.184. The van der Waals surface area contributed by atoms with Gasteiger partial charge in [-0.15, -0.1) is 0 Å². The minimum atomic E-state index is 0.184. The Morgan fingerprint density at radius 2 is 1.70 bits per heavy atom. The Balaban J connectivity index is 2.19. The maximum atomic E-state index is 12.4. The first kappa shape index (κ1) is 15.3. The predicted octanol–water partition coefficient (Wildman–Crippen LogP) is 3.10. The lowest BCUT2D eigenvalue weighted by molar-refractivity contribution is 0.169. The Hall–Kier alpha value is -1.09. The number of aromatic nitrogens is 1. The quantitative estimate of drug-likeness (QED) is 0.847. The van der Waals surface area contributed by atoms with Gasteiger partial charge in [-0.05, 0) is 51.8 Å². The molecule has 3 heteroatoms. The van der Waals surface area contributed by atoms with Gasteiger partial charge in [0.2, 0.25) is 0 Å². The van der Waals surface area contributed by atoms with Crippen LogP contribution < -0.4 is 5.56 Å². The number of hydrogen-bond acceptors (Lipinski definition) is 2. The molecule has 0 bridgehead atoms. The van der Waals surface area contributed by atoms with Crippen LogP contribution in [0.25, 0.3) is 0 Å². The maximum absolute atomic E-state index is 12.4. The molecule has 20 heavy (non-hydrogen) atoms. The van der Waals surface area contributed by atoms with Crippen LogP contribution in [0.15, 0.2) is 16.9 Å². The lowest BCUT2D eigenvalue weighted by atomic mass is 9.91. The smallest absolute Gasteiger partial charge is 0.253 e. The van der Waals surface area contributed by atoms with Gasteiger partial charge in [-0.2, -0.15) is 0 Å². The fourth-order valence-corrected chi connectivity index (χ4v) is 3.23.